The Morgan fingerprint density at radius 2 is 1.82 bits per heavy atom. The molecule has 2 heterocycles. The van der Waals surface area contributed by atoms with Gasteiger partial charge in [-0.3, -0.25) is 0 Å². The van der Waals surface area contributed by atoms with Crippen LogP contribution in [0.4, 0.5) is 5.82 Å². The van der Waals surface area contributed by atoms with Gasteiger partial charge in [0.15, 0.2) is 5.11 Å². The van der Waals surface area contributed by atoms with Gasteiger partial charge in [0.05, 0.1) is 6.54 Å². The molecule has 4 nitrogen and oxygen atoms in total. The Morgan fingerprint density at radius 3 is 2.59 bits per heavy atom. The molecule has 1 aromatic carbocycles. The van der Waals surface area contributed by atoms with Crippen LogP contribution >= 0.6 is 12.2 Å². The number of aromatic nitrogens is 1. The molecule has 0 saturated heterocycles. The summed E-state index contributed by atoms with van der Waals surface area (Å²) in [4.78, 5) is 4.16. The number of pyridine rings is 1. The van der Waals surface area contributed by atoms with Crippen molar-refractivity contribution in [3.8, 4) is 11.3 Å². The molecule has 110 valence electrons. The molecule has 22 heavy (non-hydrogen) atoms. The summed E-state index contributed by atoms with van der Waals surface area (Å²) in [5, 5.41) is 6.63. The first-order valence-electron chi connectivity index (χ1n) is 6.91. The third kappa shape index (κ3) is 3.71. The molecule has 0 bridgehead atoms. The predicted octanol–water partition coefficient (Wildman–Crippen LogP) is 3.83. The normalized spacial score (nSPS) is 10.2. The van der Waals surface area contributed by atoms with Crippen molar-refractivity contribution in [3.05, 3.63) is 72.6 Å². The lowest BCUT2D eigenvalue weighted by atomic mass is 10.2. The van der Waals surface area contributed by atoms with Gasteiger partial charge < -0.3 is 15.1 Å². The zero-order valence-electron chi connectivity index (χ0n) is 11.8. The van der Waals surface area contributed by atoms with Crippen LogP contribution in [0.5, 0.6) is 0 Å². The highest BCUT2D eigenvalue weighted by Gasteiger charge is 2.05. The second kappa shape index (κ2) is 6.87. The summed E-state index contributed by atoms with van der Waals surface area (Å²) in [6, 6.07) is 19.5. The number of benzene rings is 1. The van der Waals surface area contributed by atoms with Gasteiger partial charge in [0.25, 0.3) is 0 Å². The molecule has 0 amide bonds. The largest absolute Gasteiger partial charge is 0.459 e. The van der Waals surface area contributed by atoms with E-state index in [2.05, 4.69) is 15.6 Å². The van der Waals surface area contributed by atoms with E-state index in [0.29, 0.717) is 17.5 Å². The van der Waals surface area contributed by atoms with E-state index in [9.17, 15) is 0 Å². The smallest absolute Gasteiger partial charge is 0.172 e. The van der Waals surface area contributed by atoms with Crippen LogP contribution in [0.15, 0.2) is 71.3 Å². The highest BCUT2D eigenvalue weighted by molar-refractivity contribution is 7.80. The second-order valence-electron chi connectivity index (χ2n) is 4.65. The first kappa shape index (κ1) is 14.3. The molecule has 0 saturated carbocycles. The van der Waals surface area contributed by atoms with E-state index in [1.807, 2.05) is 60.7 Å². The van der Waals surface area contributed by atoms with Crippen LogP contribution in [-0.2, 0) is 6.54 Å². The first-order valence-corrected chi connectivity index (χ1v) is 7.32. The maximum absolute atomic E-state index is 5.80. The molecule has 5 heteroatoms. The van der Waals surface area contributed by atoms with E-state index in [0.717, 1.165) is 17.1 Å². The van der Waals surface area contributed by atoms with Crippen LogP contribution in [0.2, 0.25) is 0 Å². The fourth-order valence-corrected chi connectivity index (χ4v) is 2.17. The number of nitrogens with zero attached hydrogens (tertiary/aromatic N) is 1. The van der Waals surface area contributed by atoms with Gasteiger partial charge >= 0.3 is 0 Å². The Bertz CT molecular complexity index is 741. The minimum absolute atomic E-state index is 0.511. The van der Waals surface area contributed by atoms with Crippen LogP contribution < -0.4 is 10.6 Å². The van der Waals surface area contributed by atoms with Crippen LogP contribution in [-0.4, -0.2) is 10.1 Å². The Morgan fingerprint density at radius 1 is 1.00 bits per heavy atom. The lowest BCUT2D eigenvalue weighted by molar-refractivity contribution is 0.516. The Kier molecular flexibility index (Phi) is 4.46. The van der Waals surface area contributed by atoms with E-state index in [4.69, 9.17) is 16.6 Å². The summed E-state index contributed by atoms with van der Waals surface area (Å²) in [5.41, 5.74) is 1.06. The topological polar surface area (TPSA) is 50.1 Å². The molecular formula is C17H15N3OS. The highest BCUT2D eigenvalue weighted by Crippen LogP contribution is 2.21. The van der Waals surface area contributed by atoms with Gasteiger partial charge in [0.1, 0.15) is 17.3 Å². The van der Waals surface area contributed by atoms with Crippen molar-refractivity contribution in [2.75, 3.05) is 5.32 Å². The predicted molar refractivity (Wildman–Crippen MR) is 91.4 cm³/mol. The SMILES string of the molecule is S=C(NCc1ccc(-c2ccccc2)o1)Nc1ccccn1. The number of anilines is 1. The summed E-state index contributed by atoms with van der Waals surface area (Å²) in [7, 11) is 0. The van der Waals surface area contributed by atoms with Crippen molar-refractivity contribution >= 4 is 23.1 Å². The standard InChI is InChI=1S/C17H15N3OS/c22-17(20-16-8-4-5-11-18-16)19-12-14-9-10-15(21-14)13-6-2-1-3-7-13/h1-11H,12H2,(H2,18,19,20,22). The number of nitrogens with one attached hydrogen (secondary N) is 2. The fraction of sp³-hybridized carbons (Fsp3) is 0.0588. The lowest BCUT2D eigenvalue weighted by Gasteiger charge is -2.08. The number of thiocarbonyl (C=S) groups is 1. The van der Waals surface area contributed by atoms with Crippen molar-refractivity contribution in [2.45, 2.75) is 6.54 Å². The Hall–Kier alpha value is -2.66. The van der Waals surface area contributed by atoms with E-state index >= 15 is 0 Å². The van der Waals surface area contributed by atoms with E-state index < -0.39 is 0 Å². The van der Waals surface area contributed by atoms with Gasteiger partial charge in [-0.2, -0.15) is 0 Å². The van der Waals surface area contributed by atoms with Crippen molar-refractivity contribution in [3.63, 3.8) is 0 Å². The average molecular weight is 309 g/mol. The van der Waals surface area contributed by atoms with E-state index in [-0.39, 0.29) is 0 Å². The quantitative estimate of drug-likeness (QED) is 0.717. The van der Waals surface area contributed by atoms with Gasteiger partial charge in [-0.05, 0) is 36.5 Å². The third-order valence-corrected chi connectivity index (χ3v) is 3.30. The van der Waals surface area contributed by atoms with Crippen LogP contribution in [0.1, 0.15) is 5.76 Å². The molecule has 2 aromatic heterocycles. The Labute approximate surface area is 134 Å². The monoisotopic (exact) mass is 309 g/mol. The molecule has 0 aliphatic heterocycles. The van der Waals surface area contributed by atoms with E-state index in [1.54, 1.807) is 6.20 Å². The molecule has 0 fully saturated rings. The molecule has 0 spiro atoms. The fourth-order valence-electron chi connectivity index (χ4n) is 2.00. The second-order valence-corrected chi connectivity index (χ2v) is 5.06. The highest BCUT2D eigenvalue weighted by atomic mass is 32.1. The summed E-state index contributed by atoms with van der Waals surface area (Å²) in [6.45, 7) is 0.519. The van der Waals surface area contributed by atoms with Gasteiger partial charge in [0, 0.05) is 11.8 Å². The van der Waals surface area contributed by atoms with Gasteiger partial charge in [0.2, 0.25) is 0 Å². The lowest BCUT2D eigenvalue weighted by Crippen LogP contribution is -2.28. The van der Waals surface area contributed by atoms with Crippen molar-refractivity contribution < 1.29 is 4.42 Å². The zero-order chi connectivity index (χ0) is 15.2. The minimum Gasteiger partial charge on any atom is -0.459 e. The van der Waals surface area contributed by atoms with Crippen LogP contribution in [0.25, 0.3) is 11.3 Å². The zero-order valence-corrected chi connectivity index (χ0v) is 12.6. The minimum atomic E-state index is 0.511. The average Bonchev–Trinajstić information content (AvgIpc) is 3.04. The molecule has 3 rings (SSSR count). The Balaban J connectivity index is 1.56. The molecular weight excluding hydrogens is 294 g/mol. The van der Waals surface area contributed by atoms with Gasteiger partial charge in [-0.25, -0.2) is 4.98 Å². The van der Waals surface area contributed by atoms with Crippen LogP contribution in [0, 0.1) is 0 Å². The molecule has 0 atom stereocenters. The molecule has 0 radical (unpaired) electrons. The molecule has 0 unspecified atom stereocenters. The summed E-state index contributed by atoms with van der Waals surface area (Å²) < 4.78 is 5.80. The van der Waals surface area contributed by atoms with E-state index in [1.165, 1.54) is 0 Å². The summed E-state index contributed by atoms with van der Waals surface area (Å²) in [5.74, 6) is 2.38. The molecule has 0 aliphatic rings. The molecule has 0 aliphatic carbocycles. The summed E-state index contributed by atoms with van der Waals surface area (Å²) in [6.07, 6.45) is 1.71. The molecule has 3 aromatic rings. The third-order valence-electron chi connectivity index (χ3n) is 3.05. The van der Waals surface area contributed by atoms with Gasteiger partial charge in [-0.1, -0.05) is 36.4 Å². The van der Waals surface area contributed by atoms with Crippen molar-refractivity contribution in [2.24, 2.45) is 0 Å². The van der Waals surface area contributed by atoms with Crippen LogP contribution in [0.3, 0.4) is 0 Å². The maximum atomic E-state index is 5.80. The summed E-state index contributed by atoms with van der Waals surface area (Å²) >= 11 is 5.23. The van der Waals surface area contributed by atoms with Crippen molar-refractivity contribution in [1.82, 2.24) is 10.3 Å². The number of hydrogen-bond acceptors (Lipinski definition) is 3. The molecule has 2 N–H and O–H groups in total. The maximum Gasteiger partial charge on any atom is 0.172 e. The number of furan rings is 1. The van der Waals surface area contributed by atoms with Gasteiger partial charge in [-0.15, -0.1) is 0 Å². The first-order chi connectivity index (χ1) is 10.8. The number of hydrogen-bond donors (Lipinski definition) is 2. The van der Waals surface area contributed by atoms with Crippen molar-refractivity contribution in [1.29, 1.82) is 0 Å². The number of rotatable bonds is 4.